The van der Waals surface area contributed by atoms with Crippen molar-refractivity contribution in [2.45, 2.75) is 19.6 Å². The highest BCUT2D eigenvalue weighted by molar-refractivity contribution is 5.57. The predicted octanol–water partition coefficient (Wildman–Crippen LogP) is 4.93. The lowest BCUT2D eigenvalue weighted by Gasteiger charge is -2.14. The summed E-state index contributed by atoms with van der Waals surface area (Å²) in [4.78, 5) is 4.37. The molecule has 1 heterocycles. The maximum Gasteiger partial charge on any atom is 0.416 e. The number of imidazole rings is 1. The molecule has 0 unspecified atom stereocenters. The fourth-order valence-corrected chi connectivity index (χ4v) is 2.70. The summed E-state index contributed by atoms with van der Waals surface area (Å²) in [6.07, 6.45) is -2.64. The van der Waals surface area contributed by atoms with Gasteiger partial charge in [-0.25, -0.2) is 4.98 Å². The maximum atomic E-state index is 12.7. The number of benzene rings is 2. The molecule has 0 bridgehead atoms. The lowest BCUT2D eigenvalue weighted by atomic mass is 10.1. The summed E-state index contributed by atoms with van der Waals surface area (Å²) in [5.74, 6) is 1.38. The van der Waals surface area contributed by atoms with Gasteiger partial charge in [0.1, 0.15) is 11.6 Å². The Morgan fingerprint density at radius 3 is 2.36 bits per heavy atom. The third kappa shape index (κ3) is 3.52. The summed E-state index contributed by atoms with van der Waals surface area (Å²) >= 11 is 0. The molecule has 0 atom stereocenters. The van der Waals surface area contributed by atoms with Crippen LogP contribution in [0.5, 0.6) is 5.75 Å². The Hall–Kier alpha value is -2.76. The number of aromatic nitrogens is 2. The number of nitrogens with zero attached hydrogens (tertiary/aromatic N) is 2. The maximum absolute atomic E-state index is 12.7. The molecular weight excluding hydrogens is 329 g/mol. The van der Waals surface area contributed by atoms with Crippen molar-refractivity contribution in [1.82, 2.24) is 9.55 Å². The van der Waals surface area contributed by atoms with E-state index in [1.54, 1.807) is 13.3 Å². The van der Waals surface area contributed by atoms with Crippen molar-refractivity contribution in [3.05, 3.63) is 71.5 Å². The number of alkyl halides is 3. The first-order chi connectivity index (χ1) is 11.9. The van der Waals surface area contributed by atoms with Crippen molar-refractivity contribution >= 4 is 0 Å². The third-order valence-corrected chi connectivity index (χ3v) is 4.05. The Balaban J connectivity index is 1.97. The highest BCUT2D eigenvalue weighted by atomic mass is 19.4. The second-order valence-corrected chi connectivity index (χ2v) is 5.70. The van der Waals surface area contributed by atoms with Crippen molar-refractivity contribution < 1.29 is 17.9 Å². The van der Waals surface area contributed by atoms with Crippen LogP contribution in [0.25, 0.3) is 11.4 Å². The number of rotatable bonds is 4. The van der Waals surface area contributed by atoms with Gasteiger partial charge in [0.15, 0.2) is 0 Å². The van der Waals surface area contributed by atoms with Crippen LogP contribution in [0.4, 0.5) is 13.2 Å². The van der Waals surface area contributed by atoms with Crippen LogP contribution in [0.3, 0.4) is 0 Å². The molecule has 2 aromatic carbocycles. The Bertz CT molecular complexity index is 867. The molecule has 0 fully saturated rings. The highest BCUT2D eigenvalue weighted by Gasteiger charge is 2.30. The summed E-state index contributed by atoms with van der Waals surface area (Å²) in [5, 5.41) is 0. The Morgan fingerprint density at radius 2 is 1.72 bits per heavy atom. The minimum atomic E-state index is -4.35. The van der Waals surface area contributed by atoms with Gasteiger partial charge < -0.3 is 9.30 Å². The zero-order chi connectivity index (χ0) is 18.0. The number of hydrogen-bond donors (Lipinski definition) is 0. The molecule has 0 saturated carbocycles. The topological polar surface area (TPSA) is 27.1 Å². The molecule has 25 heavy (non-hydrogen) atoms. The van der Waals surface area contributed by atoms with Gasteiger partial charge in [-0.05, 0) is 25.1 Å². The van der Waals surface area contributed by atoms with Gasteiger partial charge in [0.25, 0.3) is 0 Å². The second kappa shape index (κ2) is 6.63. The van der Waals surface area contributed by atoms with E-state index in [0.29, 0.717) is 17.9 Å². The van der Waals surface area contributed by atoms with Gasteiger partial charge in [0.05, 0.1) is 19.2 Å². The summed E-state index contributed by atoms with van der Waals surface area (Å²) in [7, 11) is 1.61. The second-order valence-electron chi connectivity index (χ2n) is 5.70. The molecule has 0 aliphatic heterocycles. The molecule has 0 spiro atoms. The molecule has 3 aromatic rings. The first kappa shape index (κ1) is 17.1. The predicted molar refractivity (Wildman–Crippen MR) is 89.5 cm³/mol. The van der Waals surface area contributed by atoms with Crippen molar-refractivity contribution in [1.29, 1.82) is 0 Å². The van der Waals surface area contributed by atoms with Crippen LogP contribution >= 0.6 is 0 Å². The first-order valence-electron chi connectivity index (χ1n) is 7.72. The lowest BCUT2D eigenvalue weighted by molar-refractivity contribution is -0.137. The first-order valence-corrected chi connectivity index (χ1v) is 7.72. The summed E-state index contributed by atoms with van der Waals surface area (Å²) < 4.78 is 45.6. The van der Waals surface area contributed by atoms with E-state index in [9.17, 15) is 13.2 Å². The van der Waals surface area contributed by atoms with Gasteiger partial charge >= 0.3 is 6.18 Å². The normalized spacial score (nSPS) is 11.6. The number of halogens is 3. The van der Waals surface area contributed by atoms with Crippen LogP contribution in [0.2, 0.25) is 0 Å². The van der Waals surface area contributed by atoms with Crippen molar-refractivity contribution in [3.8, 4) is 17.1 Å². The van der Waals surface area contributed by atoms with Gasteiger partial charge in [-0.15, -0.1) is 0 Å². The zero-order valence-electron chi connectivity index (χ0n) is 13.8. The quantitative estimate of drug-likeness (QED) is 0.669. The minimum absolute atomic E-state index is 0.520. The largest absolute Gasteiger partial charge is 0.496 e. The SMILES string of the molecule is COc1ccccc1Cn1c(C)cnc1-c1ccc(C(F)(F)F)cc1. The fraction of sp³-hybridized carbons (Fsp3) is 0.211. The molecule has 3 nitrogen and oxygen atoms in total. The molecule has 0 aliphatic rings. The number of aryl methyl sites for hydroxylation is 1. The Kier molecular flexibility index (Phi) is 4.53. The van der Waals surface area contributed by atoms with Crippen molar-refractivity contribution in [2.24, 2.45) is 0 Å². The number of hydrogen-bond acceptors (Lipinski definition) is 2. The number of methoxy groups -OCH3 is 1. The Morgan fingerprint density at radius 1 is 1.04 bits per heavy atom. The molecule has 0 radical (unpaired) electrons. The average molecular weight is 346 g/mol. The standard InChI is InChI=1S/C19H17F3N2O/c1-13-11-23-18(14-7-9-16(10-8-14)19(20,21)22)24(13)12-15-5-3-4-6-17(15)25-2/h3-11H,12H2,1-2H3. The Labute approximate surface area is 143 Å². The third-order valence-electron chi connectivity index (χ3n) is 4.05. The van der Waals surface area contributed by atoms with E-state index in [1.807, 2.05) is 35.8 Å². The van der Waals surface area contributed by atoms with Gasteiger partial charge in [-0.1, -0.05) is 30.3 Å². The van der Waals surface area contributed by atoms with Crippen LogP contribution in [-0.2, 0) is 12.7 Å². The molecule has 0 amide bonds. The van der Waals surface area contributed by atoms with Crippen LogP contribution in [0.15, 0.2) is 54.7 Å². The summed E-state index contributed by atoms with van der Waals surface area (Å²) in [5.41, 5.74) is 1.85. The molecule has 1 aromatic heterocycles. The van der Waals surface area contributed by atoms with Gasteiger partial charge in [0, 0.05) is 23.0 Å². The van der Waals surface area contributed by atoms with Gasteiger partial charge in [-0.3, -0.25) is 0 Å². The van der Waals surface area contributed by atoms with Gasteiger partial charge in [0.2, 0.25) is 0 Å². The van der Waals surface area contributed by atoms with E-state index in [1.165, 1.54) is 12.1 Å². The number of ether oxygens (including phenoxy) is 1. The van der Waals surface area contributed by atoms with Crippen molar-refractivity contribution in [3.63, 3.8) is 0 Å². The monoisotopic (exact) mass is 346 g/mol. The summed E-state index contributed by atoms with van der Waals surface area (Å²) in [6.45, 7) is 2.43. The zero-order valence-corrected chi connectivity index (χ0v) is 13.8. The smallest absolute Gasteiger partial charge is 0.416 e. The van der Waals surface area contributed by atoms with Crippen molar-refractivity contribution in [2.75, 3.05) is 7.11 Å². The molecule has 0 aliphatic carbocycles. The molecule has 0 N–H and O–H groups in total. The molecule has 6 heteroatoms. The van der Waals surface area contributed by atoms with E-state index in [4.69, 9.17) is 4.74 Å². The van der Waals surface area contributed by atoms with Crippen LogP contribution in [0.1, 0.15) is 16.8 Å². The van der Waals surface area contributed by atoms with Gasteiger partial charge in [-0.2, -0.15) is 13.2 Å². The van der Waals surface area contributed by atoms with E-state index < -0.39 is 11.7 Å². The van der Waals surface area contributed by atoms with Crippen LogP contribution in [-0.4, -0.2) is 16.7 Å². The lowest BCUT2D eigenvalue weighted by Crippen LogP contribution is -2.07. The van der Waals surface area contributed by atoms with E-state index in [0.717, 1.165) is 29.1 Å². The molecular formula is C19H17F3N2O. The van der Waals surface area contributed by atoms with E-state index >= 15 is 0 Å². The highest BCUT2D eigenvalue weighted by Crippen LogP contribution is 2.31. The number of para-hydroxylation sites is 1. The minimum Gasteiger partial charge on any atom is -0.496 e. The van der Waals surface area contributed by atoms with E-state index in [2.05, 4.69) is 4.98 Å². The molecule has 3 rings (SSSR count). The van der Waals surface area contributed by atoms with Crippen LogP contribution < -0.4 is 4.74 Å². The van der Waals surface area contributed by atoms with Crippen LogP contribution in [0, 0.1) is 6.92 Å². The summed E-state index contributed by atoms with van der Waals surface area (Å²) in [6, 6.07) is 12.7. The molecule has 0 saturated heterocycles. The fourth-order valence-electron chi connectivity index (χ4n) is 2.70. The average Bonchev–Trinajstić information content (AvgIpc) is 2.95. The molecule has 130 valence electrons. The van der Waals surface area contributed by atoms with E-state index in [-0.39, 0.29) is 0 Å².